The van der Waals surface area contributed by atoms with Gasteiger partial charge in [0.05, 0.1) is 12.4 Å². The largest absolute Gasteiger partial charge is 1.00 e. The van der Waals surface area contributed by atoms with Gasteiger partial charge < -0.3 is 1.43 Å². The molecule has 0 aliphatic heterocycles. The molecule has 0 amide bonds. The number of aromatic amines is 1. The van der Waals surface area contributed by atoms with E-state index in [-0.39, 0.29) is 31.0 Å². The van der Waals surface area contributed by atoms with Crippen LogP contribution in [0.5, 0.6) is 0 Å². The molecule has 0 saturated heterocycles. The zero-order chi connectivity index (χ0) is 3.54. The molecule has 0 aliphatic rings. The maximum atomic E-state index is 3.49. The zero-order valence-electron chi connectivity index (χ0n) is 4.55. The van der Waals surface area contributed by atoms with E-state index in [1.165, 1.54) is 0 Å². The van der Waals surface area contributed by atoms with Crippen LogP contribution in [-0.4, -0.2) is 15.4 Å². The molecule has 0 bridgehead atoms. The first kappa shape index (κ1) is 6.14. The molecular weight excluding hydrogens is 89.0 g/mol. The van der Waals surface area contributed by atoms with Gasteiger partial charge in [-0.25, -0.2) is 0 Å². The van der Waals surface area contributed by atoms with Crippen molar-refractivity contribution in [1.29, 1.82) is 0 Å². The van der Waals surface area contributed by atoms with E-state index in [4.69, 9.17) is 0 Å². The average Bonchev–Trinajstić information content (AvgIpc) is 1.76. The van der Waals surface area contributed by atoms with E-state index in [0.717, 1.165) is 0 Å². The molecule has 0 radical (unpaired) electrons. The number of nitrogens with one attached hydrogen (secondary N) is 1. The Hall–Kier alpha value is 0.140. The molecule has 0 fully saturated rings. The molecule has 1 heterocycles. The Bertz CT molecular complexity index is 69.4. The van der Waals surface area contributed by atoms with Gasteiger partial charge in [0.2, 0.25) is 0 Å². The van der Waals surface area contributed by atoms with Crippen LogP contribution in [0.25, 0.3) is 0 Å². The summed E-state index contributed by atoms with van der Waals surface area (Å²) in [6, 6.07) is 0. The van der Waals surface area contributed by atoms with Gasteiger partial charge in [0, 0.05) is 0 Å². The molecule has 0 saturated carbocycles. The van der Waals surface area contributed by atoms with Crippen LogP contribution in [0.3, 0.4) is 0 Å². The van der Waals surface area contributed by atoms with Crippen molar-refractivity contribution in [3.8, 4) is 0 Å². The molecule has 28 valence electrons. The molecule has 0 atom stereocenters. The van der Waals surface area contributed by atoms with E-state index in [0.29, 0.717) is 0 Å². The van der Waals surface area contributed by atoms with Gasteiger partial charge in [-0.2, -0.15) is 15.4 Å². The molecule has 1 N–H and O–H groups in total. The van der Waals surface area contributed by atoms with Crippen LogP contribution < -0.4 is 29.6 Å². The second kappa shape index (κ2) is 3.33. The summed E-state index contributed by atoms with van der Waals surface area (Å²) < 4.78 is 0. The minimum atomic E-state index is 0. The molecule has 3 nitrogen and oxygen atoms in total. The smallest absolute Gasteiger partial charge is 1.00 e. The van der Waals surface area contributed by atoms with Gasteiger partial charge >= 0.3 is 29.6 Å². The fraction of sp³-hybridized carbons (Fsp3) is 0. The third kappa shape index (κ3) is 1.55. The van der Waals surface area contributed by atoms with Gasteiger partial charge in [-0.3, -0.25) is 0 Å². The second-order valence-electron chi connectivity index (χ2n) is 0.656. The fourth-order valence-corrected chi connectivity index (χ4v) is 0.167. The van der Waals surface area contributed by atoms with Gasteiger partial charge in [0.1, 0.15) is 0 Å². The van der Waals surface area contributed by atoms with E-state index in [2.05, 4.69) is 15.4 Å². The maximum Gasteiger partial charge on any atom is 1.00 e. The number of rotatable bonds is 0. The monoisotopic (exact) mass is 93.0 g/mol. The van der Waals surface area contributed by atoms with Crippen LogP contribution in [0.4, 0.5) is 0 Å². The number of hydrogen-bond donors (Lipinski definition) is 1. The third-order valence-electron chi connectivity index (χ3n) is 0.331. The van der Waals surface area contributed by atoms with Crippen molar-refractivity contribution < 1.29 is 31.0 Å². The molecule has 4 heteroatoms. The quantitative estimate of drug-likeness (QED) is 0.346. The summed E-state index contributed by atoms with van der Waals surface area (Å²) in [5.74, 6) is 0. The van der Waals surface area contributed by atoms with Crippen molar-refractivity contribution in [2.24, 2.45) is 0 Å². The first-order chi connectivity index (χ1) is 2.50. The predicted molar refractivity (Wildman–Crippen MR) is 17.5 cm³/mol. The summed E-state index contributed by atoms with van der Waals surface area (Å²) in [5.41, 5.74) is 0. The van der Waals surface area contributed by atoms with E-state index in [1.54, 1.807) is 12.4 Å². The Morgan fingerprint density at radius 2 is 1.83 bits per heavy atom. The fourth-order valence-electron chi connectivity index (χ4n) is 0.167. The molecule has 1 rings (SSSR count). The molecule has 0 spiro atoms. The van der Waals surface area contributed by atoms with Gasteiger partial charge in [-0.05, 0) is 0 Å². The van der Waals surface area contributed by atoms with Crippen molar-refractivity contribution in [3.63, 3.8) is 0 Å². The van der Waals surface area contributed by atoms with Gasteiger partial charge in [-0.15, -0.1) is 0 Å². The molecule has 1 aromatic heterocycles. The van der Waals surface area contributed by atoms with E-state index < -0.39 is 0 Å². The summed E-state index contributed by atoms with van der Waals surface area (Å²) in [6.45, 7) is 0. The SMILES string of the molecule is [H-].[Na+].c1cn[nH]n1. The third-order valence-corrected chi connectivity index (χ3v) is 0.331. The van der Waals surface area contributed by atoms with Crippen LogP contribution in [0.1, 0.15) is 1.43 Å². The van der Waals surface area contributed by atoms with Crippen LogP contribution >= 0.6 is 0 Å². The van der Waals surface area contributed by atoms with Gasteiger partial charge in [0.15, 0.2) is 0 Å². The Morgan fingerprint density at radius 1 is 1.33 bits per heavy atom. The summed E-state index contributed by atoms with van der Waals surface area (Å²) in [4.78, 5) is 0. The van der Waals surface area contributed by atoms with Crippen LogP contribution in [0.15, 0.2) is 12.4 Å². The Balaban J connectivity index is 0. The van der Waals surface area contributed by atoms with Crippen molar-refractivity contribution in [1.82, 2.24) is 15.4 Å². The normalized spacial score (nSPS) is 6.67. The molecule has 0 aromatic carbocycles. The minimum absolute atomic E-state index is 0. The molecule has 0 unspecified atom stereocenters. The Morgan fingerprint density at radius 3 is 2.00 bits per heavy atom. The maximum absolute atomic E-state index is 3.49. The second-order valence-corrected chi connectivity index (χ2v) is 0.656. The Labute approximate surface area is 58.9 Å². The van der Waals surface area contributed by atoms with Crippen LogP contribution in [-0.2, 0) is 0 Å². The van der Waals surface area contributed by atoms with Crippen molar-refractivity contribution in [2.45, 2.75) is 0 Å². The van der Waals surface area contributed by atoms with Crippen molar-refractivity contribution in [2.75, 3.05) is 0 Å². The summed E-state index contributed by atoms with van der Waals surface area (Å²) in [5, 5.41) is 9.33. The van der Waals surface area contributed by atoms with Crippen molar-refractivity contribution in [3.05, 3.63) is 12.4 Å². The average molecular weight is 93.1 g/mol. The number of H-pyrrole nitrogens is 1. The predicted octanol–water partition coefficient (Wildman–Crippen LogP) is -3.08. The van der Waals surface area contributed by atoms with E-state index >= 15 is 0 Å². The summed E-state index contributed by atoms with van der Waals surface area (Å²) in [6.07, 6.45) is 3.17. The van der Waals surface area contributed by atoms with Crippen molar-refractivity contribution >= 4 is 0 Å². The standard InChI is InChI=1S/C2H3N3.Na.H/c1-2-4-5-3-1;;/h1-2H,(H,3,4,5);;/q;+1;-1. The van der Waals surface area contributed by atoms with Gasteiger partial charge in [0.25, 0.3) is 0 Å². The first-order valence-corrected chi connectivity index (χ1v) is 1.30. The number of hydrogen-bond acceptors (Lipinski definition) is 2. The summed E-state index contributed by atoms with van der Waals surface area (Å²) in [7, 11) is 0. The molecule has 6 heavy (non-hydrogen) atoms. The first-order valence-electron chi connectivity index (χ1n) is 1.30. The van der Waals surface area contributed by atoms with E-state index in [1.807, 2.05) is 0 Å². The topological polar surface area (TPSA) is 41.6 Å². The Kier molecular flexibility index (Phi) is 3.41. The zero-order valence-corrected chi connectivity index (χ0v) is 5.55. The van der Waals surface area contributed by atoms with Crippen LogP contribution in [0.2, 0.25) is 0 Å². The number of aromatic nitrogens is 3. The molecule has 0 aliphatic carbocycles. The number of nitrogens with zero attached hydrogens (tertiary/aromatic N) is 2. The summed E-state index contributed by atoms with van der Waals surface area (Å²) >= 11 is 0. The molecular formula is C2H4N3Na. The minimum Gasteiger partial charge on any atom is -1.00 e. The van der Waals surface area contributed by atoms with E-state index in [9.17, 15) is 0 Å². The van der Waals surface area contributed by atoms with Gasteiger partial charge in [-0.1, -0.05) is 0 Å². The van der Waals surface area contributed by atoms with Crippen LogP contribution in [0, 0.1) is 0 Å². The molecule has 1 aromatic rings.